The third-order valence-electron chi connectivity index (χ3n) is 3.74. The lowest BCUT2D eigenvalue weighted by Gasteiger charge is -2.11. The second-order valence-electron chi connectivity index (χ2n) is 5.85. The fourth-order valence-electron chi connectivity index (χ4n) is 2.40. The van der Waals surface area contributed by atoms with Gasteiger partial charge in [-0.25, -0.2) is 16.8 Å². The molecule has 0 unspecified atom stereocenters. The minimum Gasteiger partial charge on any atom is -0.322 e. The largest absolute Gasteiger partial charge is 0.322 e. The van der Waals surface area contributed by atoms with E-state index in [1.807, 2.05) is 0 Å². The third-order valence-corrected chi connectivity index (χ3v) is 7.01. The van der Waals surface area contributed by atoms with Crippen LogP contribution in [0.5, 0.6) is 0 Å². The molecule has 7 nitrogen and oxygen atoms in total. The number of benzene rings is 2. The van der Waals surface area contributed by atoms with Crippen molar-refractivity contribution >= 4 is 37.1 Å². The van der Waals surface area contributed by atoms with E-state index in [0.29, 0.717) is 17.8 Å². The summed E-state index contributed by atoms with van der Waals surface area (Å²) in [6.45, 7) is 3.29. The van der Waals surface area contributed by atoms with Crippen LogP contribution in [-0.4, -0.2) is 34.2 Å². The van der Waals surface area contributed by atoms with Crippen molar-refractivity contribution in [3.8, 4) is 0 Å². The van der Waals surface area contributed by atoms with Gasteiger partial charge in [0.25, 0.3) is 5.91 Å². The van der Waals surface area contributed by atoms with Crippen molar-refractivity contribution in [1.29, 1.82) is 0 Å². The van der Waals surface area contributed by atoms with Gasteiger partial charge in [0.1, 0.15) is 0 Å². The highest BCUT2D eigenvalue weighted by Crippen LogP contribution is 2.20. The van der Waals surface area contributed by atoms with Gasteiger partial charge < -0.3 is 5.32 Å². The summed E-state index contributed by atoms with van der Waals surface area (Å²) in [6, 6.07) is 12.1. The number of sulfone groups is 1. The van der Waals surface area contributed by atoms with E-state index in [4.69, 9.17) is 0 Å². The minimum atomic E-state index is -3.54. The number of carbonyl (C=O) groups is 1. The van der Waals surface area contributed by atoms with E-state index in [0.717, 1.165) is 0 Å². The summed E-state index contributed by atoms with van der Waals surface area (Å²) in [5, 5.41) is 2.63. The predicted molar refractivity (Wildman–Crippen MR) is 106 cm³/mol. The molecular formula is C18H22N2O5S2. The molecule has 0 aliphatic heterocycles. The molecule has 0 radical (unpaired) electrons. The third kappa shape index (κ3) is 5.54. The fourth-order valence-corrected chi connectivity index (χ4v) is 4.63. The van der Waals surface area contributed by atoms with Crippen LogP contribution in [0.15, 0.2) is 53.4 Å². The van der Waals surface area contributed by atoms with E-state index in [1.54, 1.807) is 31.2 Å². The Kier molecular flexibility index (Phi) is 6.61. The first kappa shape index (κ1) is 20.9. The lowest BCUT2D eigenvalue weighted by molar-refractivity contribution is 0.102. The normalized spacial score (nSPS) is 11.8. The number of amides is 1. The Morgan fingerprint density at radius 2 is 1.48 bits per heavy atom. The van der Waals surface area contributed by atoms with Gasteiger partial charge in [-0.2, -0.15) is 0 Å². The van der Waals surface area contributed by atoms with E-state index in [1.165, 1.54) is 31.2 Å². The van der Waals surface area contributed by atoms with Gasteiger partial charge in [-0.15, -0.1) is 0 Å². The first-order chi connectivity index (χ1) is 12.7. The zero-order valence-electron chi connectivity index (χ0n) is 15.1. The molecule has 9 heteroatoms. The molecule has 2 rings (SSSR count). The molecule has 0 aliphatic rings. The minimum absolute atomic E-state index is 0.0195. The van der Waals surface area contributed by atoms with Crippen molar-refractivity contribution in [3.63, 3.8) is 0 Å². The standard InChI is InChI=1S/C18H22N2O5S2/c1-3-13-27(24,25)20-15-11-9-14(10-12-15)19-18(21)16-7-5-6-8-17(16)26(22,23)4-2/h5-12,20H,3-4,13H2,1-2H3,(H,19,21). The Bertz CT molecular complexity index is 1010. The van der Waals surface area contributed by atoms with Crippen molar-refractivity contribution in [3.05, 3.63) is 54.1 Å². The Balaban J connectivity index is 2.18. The smallest absolute Gasteiger partial charge is 0.256 e. The summed E-state index contributed by atoms with van der Waals surface area (Å²) in [7, 11) is -6.93. The van der Waals surface area contributed by atoms with E-state index >= 15 is 0 Å². The van der Waals surface area contributed by atoms with Gasteiger partial charge >= 0.3 is 0 Å². The van der Waals surface area contributed by atoms with E-state index in [-0.39, 0.29) is 22.0 Å². The number of hydrogen-bond acceptors (Lipinski definition) is 5. The molecule has 2 N–H and O–H groups in total. The van der Waals surface area contributed by atoms with Gasteiger partial charge in [-0.3, -0.25) is 9.52 Å². The van der Waals surface area contributed by atoms with Crippen LogP contribution < -0.4 is 10.0 Å². The van der Waals surface area contributed by atoms with E-state index in [2.05, 4.69) is 10.0 Å². The summed E-state index contributed by atoms with van der Waals surface area (Å²) in [6.07, 6.45) is 0.504. The average Bonchev–Trinajstić information content (AvgIpc) is 2.63. The Morgan fingerprint density at radius 1 is 0.889 bits per heavy atom. The van der Waals surface area contributed by atoms with Crippen LogP contribution in [-0.2, 0) is 19.9 Å². The Labute approximate surface area is 159 Å². The molecule has 0 aromatic heterocycles. The average molecular weight is 411 g/mol. The van der Waals surface area contributed by atoms with Crippen molar-refractivity contribution in [2.45, 2.75) is 25.2 Å². The summed E-state index contributed by atoms with van der Waals surface area (Å²) in [5.74, 6) is -0.639. The van der Waals surface area contributed by atoms with Crippen molar-refractivity contribution in [2.24, 2.45) is 0 Å². The number of rotatable bonds is 8. The Morgan fingerprint density at radius 3 is 2.07 bits per heavy atom. The molecule has 0 atom stereocenters. The van der Waals surface area contributed by atoms with Gasteiger partial charge in [-0.1, -0.05) is 26.0 Å². The zero-order valence-corrected chi connectivity index (χ0v) is 16.7. The van der Waals surface area contributed by atoms with Gasteiger partial charge in [0.2, 0.25) is 10.0 Å². The fraction of sp³-hybridized carbons (Fsp3) is 0.278. The highest BCUT2D eigenvalue weighted by Gasteiger charge is 2.20. The summed E-state index contributed by atoms with van der Waals surface area (Å²) in [5.41, 5.74) is 0.865. The predicted octanol–water partition coefficient (Wildman–Crippen LogP) is 2.88. The molecule has 27 heavy (non-hydrogen) atoms. The molecule has 0 saturated heterocycles. The van der Waals surface area contributed by atoms with Crippen LogP contribution in [0.4, 0.5) is 11.4 Å². The molecule has 0 bridgehead atoms. The number of hydrogen-bond donors (Lipinski definition) is 2. The maximum atomic E-state index is 12.5. The molecule has 0 aliphatic carbocycles. The molecular weight excluding hydrogens is 388 g/mol. The second kappa shape index (κ2) is 8.53. The molecule has 0 heterocycles. The SMILES string of the molecule is CCCS(=O)(=O)Nc1ccc(NC(=O)c2ccccc2S(=O)(=O)CC)cc1. The van der Waals surface area contributed by atoms with Crippen LogP contribution in [0.2, 0.25) is 0 Å². The maximum Gasteiger partial charge on any atom is 0.256 e. The van der Waals surface area contributed by atoms with Gasteiger partial charge in [0.15, 0.2) is 9.84 Å². The summed E-state index contributed by atoms with van der Waals surface area (Å²) >= 11 is 0. The summed E-state index contributed by atoms with van der Waals surface area (Å²) < 4.78 is 50.3. The monoisotopic (exact) mass is 410 g/mol. The highest BCUT2D eigenvalue weighted by molar-refractivity contribution is 7.92. The van der Waals surface area contributed by atoms with Crippen LogP contribution in [0.25, 0.3) is 0 Å². The number of sulfonamides is 1. The summed E-state index contributed by atoms with van der Waals surface area (Å²) in [4.78, 5) is 12.5. The molecule has 0 saturated carbocycles. The van der Waals surface area contributed by atoms with Crippen molar-refractivity contribution in [1.82, 2.24) is 0 Å². The first-order valence-electron chi connectivity index (χ1n) is 8.42. The topological polar surface area (TPSA) is 109 Å². The van der Waals surface area contributed by atoms with E-state index in [9.17, 15) is 21.6 Å². The lowest BCUT2D eigenvalue weighted by atomic mass is 10.2. The molecule has 2 aromatic rings. The molecule has 0 spiro atoms. The van der Waals surface area contributed by atoms with Gasteiger partial charge in [-0.05, 0) is 42.8 Å². The van der Waals surface area contributed by atoms with Gasteiger partial charge in [0, 0.05) is 11.4 Å². The van der Waals surface area contributed by atoms with Crippen LogP contribution in [0, 0.1) is 0 Å². The maximum absolute atomic E-state index is 12.5. The molecule has 0 fully saturated rings. The van der Waals surface area contributed by atoms with Crippen LogP contribution in [0.1, 0.15) is 30.6 Å². The molecule has 2 aromatic carbocycles. The molecule has 146 valence electrons. The first-order valence-corrected chi connectivity index (χ1v) is 11.7. The number of anilines is 2. The molecule has 1 amide bonds. The van der Waals surface area contributed by atoms with Gasteiger partial charge in [0.05, 0.1) is 22.0 Å². The van der Waals surface area contributed by atoms with Crippen LogP contribution in [0.3, 0.4) is 0 Å². The lowest BCUT2D eigenvalue weighted by Crippen LogP contribution is -2.17. The quantitative estimate of drug-likeness (QED) is 0.695. The number of carbonyl (C=O) groups excluding carboxylic acids is 1. The van der Waals surface area contributed by atoms with Crippen molar-refractivity contribution in [2.75, 3.05) is 21.5 Å². The van der Waals surface area contributed by atoms with E-state index < -0.39 is 25.8 Å². The van der Waals surface area contributed by atoms with Crippen molar-refractivity contribution < 1.29 is 21.6 Å². The highest BCUT2D eigenvalue weighted by atomic mass is 32.2. The number of nitrogens with one attached hydrogen (secondary N) is 2. The van der Waals surface area contributed by atoms with Crippen LogP contribution >= 0.6 is 0 Å². The second-order valence-corrected chi connectivity index (χ2v) is 9.94. The zero-order chi connectivity index (χ0) is 20.1. The Hall–Kier alpha value is -2.39.